The first-order valence-corrected chi connectivity index (χ1v) is 7.15. The van der Waals surface area contributed by atoms with Gasteiger partial charge in [-0.15, -0.1) is 0 Å². The third kappa shape index (κ3) is 3.59. The van der Waals surface area contributed by atoms with Crippen LogP contribution in [0.5, 0.6) is 5.75 Å². The first kappa shape index (κ1) is 14.6. The SMILES string of the molecule is CCCc1noc(COc2cc(C(C)C)ccc2C)n1. The minimum Gasteiger partial charge on any atom is -0.483 e. The molecule has 0 amide bonds. The maximum absolute atomic E-state index is 5.81. The molecule has 0 aliphatic heterocycles. The first-order chi connectivity index (χ1) is 9.60. The summed E-state index contributed by atoms with van der Waals surface area (Å²) in [7, 11) is 0. The Balaban J connectivity index is 2.04. The van der Waals surface area contributed by atoms with Crippen LogP contribution >= 0.6 is 0 Å². The number of ether oxygens (including phenoxy) is 1. The monoisotopic (exact) mass is 274 g/mol. The highest BCUT2D eigenvalue weighted by Crippen LogP contribution is 2.24. The van der Waals surface area contributed by atoms with E-state index in [1.54, 1.807) is 0 Å². The molecule has 4 heteroatoms. The van der Waals surface area contributed by atoms with Crippen molar-refractivity contribution in [1.29, 1.82) is 0 Å². The average Bonchev–Trinajstić information content (AvgIpc) is 2.86. The molecule has 108 valence electrons. The summed E-state index contributed by atoms with van der Waals surface area (Å²) >= 11 is 0. The summed E-state index contributed by atoms with van der Waals surface area (Å²) in [6.07, 6.45) is 1.85. The van der Waals surface area contributed by atoms with Gasteiger partial charge in [0, 0.05) is 6.42 Å². The van der Waals surface area contributed by atoms with Crippen molar-refractivity contribution in [3.05, 3.63) is 41.0 Å². The zero-order chi connectivity index (χ0) is 14.5. The number of hydrogen-bond donors (Lipinski definition) is 0. The Morgan fingerprint density at radius 1 is 1.30 bits per heavy atom. The minimum absolute atomic E-state index is 0.319. The van der Waals surface area contributed by atoms with Crippen LogP contribution in [-0.2, 0) is 13.0 Å². The Kier molecular flexibility index (Phi) is 4.77. The second-order valence-corrected chi connectivity index (χ2v) is 5.32. The van der Waals surface area contributed by atoms with Crippen molar-refractivity contribution >= 4 is 0 Å². The van der Waals surface area contributed by atoms with Gasteiger partial charge in [-0.25, -0.2) is 0 Å². The van der Waals surface area contributed by atoms with Crippen LogP contribution in [0.2, 0.25) is 0 Å². The summed E-state index contributed by atoms with van der Waals surface area (Å²) in [5.74, 6) is 2.64. The third-order valence-corrected chi connectivity index (χ3v) is 3.21. The van der Waals surface area contributed by atoms with Gasteiger partial charge in [0.15, 0.2) is 12.4 Å². The normalized spacial score (nSPS) is 11.1. The fourth-order valence-corrected chi connectivity index (χ4v) is 1.94. The Morgan fingerprint density at radius 2 is 2.10 bits per heavy atom. The second kappa shape index (κ2) is 6.55. The molecule has 20 heavy (non-hydrogen) atoms. The summed E-state index contributed by atoms with van der Waals surface area (Å²) < 4.78 is 11.0. The molecule has 4 nitrogen and oxygen atoms in total. The van der Waals surface area contributed by atoms with Crippen molar-refractivity contribution in [3.8, 4) is 5.75 Å². The maximum atomic E-state index is 5.81. The van der Waals surface area contributed by atoms with E-state index in [2.05, 4.69) is 49.1 Å². The standard InChI is InChI=1S/C16H22N2O2/c1-5-6-15-17-16(20-18-15)10-19-14-9-13(11(2)3)8-7-12(14)4/h7-9,11H,5-6,10H2,1-4H3. The molecule has 0 bridgehead atoms. The number of aryl methyl sites for hydroxylation is 2. The largest absolute Gasteiger partial charge is 0.483 e. The van der Waals surface area contributed by atoms with Gasteiger partial charge in [0.2, 0.25) is 0 Å². The Bertz CT molecular complexity index is 561. The fraction of sp³-hybridized carbons (Fsp3) is 0.500. The Labute approximate surface area is 120 Å². The van der Waals surface area contributed by atoms with Gasteiger partial charge in [-0.3, -0.25) is 0 Å². The van der Waals surface area contributed by atoms with Gasteiger partial charge in [0.05, 0.1) is 0 Å². The molecule has 0 aliphatic carbocycles. The molecule has 1 aromatic carbocycles. The molecule has 2 rings (SSSR count). The van der Waals surface area contributed by atoms with E-state index in [-0.39, 0.29) is 0 Å². The van der Waals surface area contributed by atoms with Crippen LogP contribution < -0.4 is 4.74 Å². The second-order valence-electron chi connectivity index (χ2n) is 5.32. The van der Waals surface area contributed by atoms with E-state index in [4.69, 9.17) is 9.26 Å². The molecule has 0 N–H and O–H groups in total. The van der Waals surface area contributed by atoms with Crippen molar-refractivity contribution in [2.24, 2.45) is 0 Å². The summed E-state index contributed by atoms with van der Waals surface area (Å²) in [4.78, 5) is 4.30. The summed E-state index contributed by atoms with van der Waals surface area (Å²) in [6, 6.07) is 6.31. The van der Waals surface area contributed by atoms with Crippen LogP contribution in [0.1, 0.15) is 56.0 Å². The van der Waals surface area contributed by atoms with Gasteiger partial charge in [-0.2, -0.15) is 4.98 Å². The highest BCUT2D eigenvalue weighted by Gasteiger charge is 2.09. The average molecular weight is 274 g/mol. The van der Waals surface area contributed by atoms with Gasteiger partial charge in [0.1, 0.15) is 5.75 Å². The highest BCUT2D eigenvalue weighted by molar-refractivity contribution is 5.37. The molecule has 0 unspecified atom stereocenters. The lowest BCUT2D eigenvalue weighted by atomic mass is 10.0. The van der Waals surface area contributed by atoms with Crippen LogP contribution in [0, 0.1) is 6.92 Å². The molecule has 1 aromatic heterocycles. The van der Waals surface area contributed by atoms with Crippen molar-refractivity contribution in [2.45, 2.75) is 53.1 Å². The molecule has 0 atom stereocenters. The smallest absolute Gasteiger partial charge is 0.264 e. The zero-order valence-corrected chi connectivity index (χ0v) is 12.6. The van der Waals surface area contributed by atoms with Crippen molar-refractivity contribution in [3.63, 3.8) is 0 Å². The van der Waals surface area contributed by atoms with E-state index in [9.17, 15) is 0 Å². The third-order valence-electron chi connectivity index (χ3n) is 3.21. The number of benzene rings is 1. The molecular weight excluding hydrogens is 252 g/mol. The van der Waals surface area contributed by atoms with E-state index >= 15 is 0 Å². The van der Waals surface area contributed by atoms with Crippen LogP contribution in [-0.4, -0.2) is 10.1 Å². The minimum atomic E-state index is 0.319. The summed E-state index contributed by atoms with van der Waals surface area (Å²) in [6.45, 7) is 8.79. The van der Waals surface area contributed by atoms with Crippen LogP contribution in [0.3, 0.4) is 0 Å². The Hall–Kier alpha value is -1.84. The number of rotatable bonds is 6. The molecule has 0 fully saturated rings. The van der Waals surface area contributed by atoms with Crippen molar-refractivity contribution in [1.82, 2.24) is 10.1 Å². The summed E-state index contributed by atoms with van der Waals surface area (Å²) in [5, 5.41) is 3.92. The van der Waals surface area contributed by atoms with E-state index in [1.807, 2.05) is 6.92 Å². The molecule has 0 aliphatic rings. The number of hydrogen-bond acceptors (Lipinski definition) is 4. The van der Waals surface area contributed by atoms with Crippen LogP contribution in [0.4, 0.5) is 0 Å². The fourth-order valence-electron chi connectivity index (χ4n) is 1.94. The molecule has 2 aromatic rings. The van der Waals surface area contributed by atoms with Gasteiger partial charge in [-0.05, 0) is 36.5 Å². The number of nitrogens with zero attached hydrogens (tertiary/aromatic N) is 2. The first-order valence-electron chi connectivity index (χ1n) is 7.15. The van der Waals surface area contributed by atoms with E-state index in [1.165, 1.54) is 5.56 Å². The summed E-state index contributed by atoms with van der Waals surface area (Å²) in [5.41, 5.74) is 2.38. The lowest BCUT2D eigenvalue weighted by molar-refractivity contribution is 0.241. The maximum Gasteiger partial charge on any atom is 0.264 e. The molecule has 0 radical (unpaired) electrons. The van der Waals surface area contributed by atoms with Crippen LogP contribution in [0.25, 0.3) is 0 Å². The van der Waals surface area contributed by atoms with Crippen molar-refractivity contribution in [2.75, 3.05) is 0 Å². The van der Waals surface area contributed by atoms with Gasteiger partial charge in [-0.1, -0.05) is 38.1 Å². The molecule has 0 saturated heterocycles. The molecule has 0 spiro atoms. The lowest BCUT2D eigenvalue weighted by Crippen LogP contribution is -1.99. The quantitative estimate of drug-likeness (QED) is 0.797. The predicted molar refractivity (Wildman–Crippen MR) is 77.9 cm³/mol. The number of aromatic nitrogens is 2. The molecular formula is C16H22N2O2. The van der Waals surface area contributed by atoms with Crippen LogP contribution in [0.15, 0.2) is 22.7 Å². The van der Waals surface area contributed by atoms with E-state index < -0.39 is 0 Å². The lowest BCUT2D eigenvalue weighted by Gasteiger charge is -2.11. The zero-order valence-electron chi connectivity index (χ0n) is 12.6. The Morgan fingerprint density at radius 3 is 2.80 bits per heavy atom. The molecule has 1 heterocycles. The topological polar surface area (TPSA) is 48.2 Å². The predicted octanol–water partition coefficient (Wildman–Crippen LogP) is 4.03. The van der Waals surface area contributed by atoms with Crippen molar-refractivity contribution < 1.29 is 9.26 Å². The van der Waals surface area contributed by atoms with E-state index in [0.717, 1.165) is 30.0 Å². The molecule has 0 saturated carbocycles. The highest BCUT2D eigenvalue weighted by atomic mass is 16.5. The van der Waals surface area contributed by atoms with Gasteiger partial charge < -0.3 is 9.26 Å². The van der Waals surface area contributed by atoms with Gasteiger partial charge >= 0.3 is 0 Å². The van der Waals surface area contributed by atoms with Gasteiger partial charge in [0.25, 0.3) is 5.89 Å². The van der Waals surface area contributed by atoms with E-state index in [0.29, 0.717) is 18.4 Å².